The molecule has 3 aromatic carbocycles. The van der Waals surface area contributed by atoms with Gasteiger partial charge in [-0.1, -0.05) is 57.2 Å². The van der Waals surface area contributed by atoms with Crippen molar-refractivity contribution in [2.45, 2.75) is 52.5 Å². The summed E-state index contributed by atoms with van der Waals surface area (Å²) in [5.41, 5.74) is 9.86. The molecular weight excluding hydrogens is 501 g/mol. The van der Waals surface area contributed by atoms with Crippen molar-refractivity contribution in [3.05, 3.63) is 112 Å². The number of thiophene rings is 2. The second-order valence-electron chi connectivity index (χ2n) is 11.7. The van der Waals surface area contributed by atoms with Gasteiger partial charge in [0.15, 0.2) is 0 Å². The maximum Gasteiger partial charge on any atom is 0.0568 e. The van der Waals surface area contributed by atoms with Gasteiger partial charge in [-0.3, -0.25) is 0 Å². The second kappa shape index (κ2) is 10.4. The molecule has 4 heteroatoms. The van der Waals surface area contributed by atoms with E-state index in [0.717, 1.165) is 5.69 Å². The molecule has 0 N–H and O–H groups in total. The van der Waals surface area contributed by atoms with E-state index >= 15 is 0 Å². The molecule has 0 radical (unpaired) electrons. The topological polar surface area (TPSA) is 6.48 Å². The fourth-order valence-corrected chi connectivity index (χ4v) is 6.10. The summed E-state index contributed by atoms with van der Waals surface area (Å²) in [6.45, 7) is 13.5. The van der Waals surface area contributed by atoms with E-state index in [-0.39, 0.29) is 11.0 Å². The lowest BCUT2D eigenvalue weighted by Gasteiger charge is -2.37. The first-order chi connectivity index (χ1) is 18.1. The predicted molar refractivity (Wildman–Crippen MR) is 169 cm³/mol. The molecule has 5 rings (SSSR count). The SMILES string of the molecule is CC(C)(C)c1ccc(N(c2ccc(-c3ccc(N(c4ccsc4)C(C)(C)C)cc3)cc2)c2ccsc2)cc1. The number of benzene rings is 3. The van der Waals surface area contributed by atoms with E-state index in [1.165, 1.54) is 39.4 Å². The van der Waals surface area contributed by atoms with Crippen LogP contribution in [0.25, 0.3) is 11.1 Å². The van der Waals surface area contributed by atoms with E-state index < -0.39 is 0 Å². The molecule has 5 aromatic rings. The summed E-state index contributed by atoms with van der Waals surface area (Å²) in [7, 11) is 0. The number of hydrogen-bond acceptors (Lipinski definition) is 4. The van der Waals surface area contributed by atoms with Gasteiger partial charge in [-0.2, -0.15) is 22.7 Å². The fourth-order valence-electron chi connectivity index (χ4n) is 4.86. The highest BCUT2D eigenvalue weighted by atomic mass is 32.1. The van der Waals surface area contributed by atoms with Crippen molar-refractivity contribution in [1.29, 1.82) is 0 Å². The van der Waals surface area contributed by atoms with Crippen molar-refractivity contribution >= 4 is 51.1 Å². The zero-order valence-electron chi connectivity index (χ0n) is 23.1. The zero-order valence-corrected chi connectivity index (χ0v) is 24.7. The lowest BCUT2D eigenvalue weighted by molar-refractivity contribution is 0.561. The molecule has 2 aromatic heterocycles. The minimum absolute atomic E-state index is 0.0135. The molecule has 0 fully saturated rings. The first-order valence-corrected chi connectivity index (χ1v) is 15.0. The molecule has 0 aliphatic carbocycles. The van der Waals surface area contributed by atoms with Gasteiger partial charge in [0.25, 0.3) is 0 Å². The van der Waals surface area contributed by atoms with E-state index in [1.54, 1.807) is 22.7 Å². The van der Waals surface area contributed by atoms with Crippen LogP contribution in [0.5, 0.6) is 0 Å². The van der Waals surface area contributed by atoms with Crippen LogP contribution >= 0.6 is 22.7 Å². The summed E-state index contributed by atoms with van der Waals surface area (Å²) in [4.78, 5) is 4.73. The molecular formula is C34H36N2S2. The van der Waals surface area contributed by atoms with Crippen LogP contribution in [0, 0.1) is 0 Å². The Kier molecular flexibility index (Phi) is 7.21. The van der Waals surface area contributed by atoms with Crippen LogP contribution in [0.2, 0.25) is 0 Å². The molecule has 0 unspecified atom stereocenters. The quantitative estimate of drug-likeness (QED) is 0.213. The van der Waals surface area contributed by atoms with Crippen molar-refractivity contribution in [2.75, 3.05) is 9.80 Å². The van der Waals surface area contributed by atoms with Gasteiger partial charge in [-0.25, -0.2) is 0 Å². The van der Waals surface area contributed by atoms with Crippen LogP contribution in [0.3, 0.4) is 0 Å². The summed E-state index contributed by atoms with van der Waals surface area (Å²) < 4.78 is 0. The third kappa shape index (κ3) is 5.57. The monoisotopic (exact) mass is 536 g/mol. The van der Waals surface area contributed by atoms with Crippen molar-refractivity contribution < 1.29 is 0 Å². The van der Waals surface area contributed by atoms with Gasteiger partial charge in [-0.15, -0.1) is 0 Å². The van der Waals surface area contributed by atoms with Crippen LogP contribution < -0.4 is 9.80 Å². The van der Waals surface area contributed by atoms with Gasteiger partial charge in [0.2, 0.25) is 0 Å². The number of rotatable bonds is 6. The van der Waals surface area contributed by atoms with E-state index in [9.17, 15) is 0 Å². The molecule has 2 heterocycles. The Bertz CT molecular complexity index is 1430. The van der Waals surface area contributed by atoms with Crippen LogP contribution in [-0.4, -0.2) is 5.54 Å². The summed E-state index contributed by atoms with van der Waals surface area (Å²) in [6, 6.07) is 31.2. The van der Waals surface area contributed by atoms with Gasteiger partial charge in [0.05, 0.1) is 11.4 Å². The van der Waals surface area contributed by atoms with Gasteiger partial charge < -0.3 is 9.80 Å². The maximum absolute atomic E-state index is 2.40. The van der Waals surface area contributed by atoms with Crippen LogP contribution in [0.4, 0.5) is 28.4 Å². The molecule has 0 amide bonds. The standard InChI is InChI=1S/C34H36N2S2/c1-33(2,3)27-11-17-29(18-12-27)35(31-19-21-37-23-31)28-13-7-25(8-14-28)26-9-15-30(16-10-26)36(34(4,5)6)32-20-22-38-24-32/h7-24H,1-6H3. The van der Waals surface area contributed by atoms with Gasteiger partial charge in [0.1, 0.15) is 0 Å². The predicted octanol–water partition coefficient (Wildman–Crippen LogP) is 11.2. The average Bonchev–Trinajstić information content (AvgIpc) is 3.60. The molecule has 2 nitrogen and oxygen atoms in total. The lowest BCUT2D eigenvalue weighted by Crippen LogP contribution is -2.37. The molecule has 38 heavy (non-hydrogen) atoms. The van der Waals surface area contributed by atoms with Gasteiger partial charge in [-0.05, 0) is 102 Å². The molecule has 0 saturated heterocycles. The summed E-state index contributed by atoms with van der Waals surface area (Å²) >= 11 is 3.46. The first-order valence-electron chi connectivity index (χ1n) is 13.1. The first kappa shape index (κ1) is 26.3. The van der Waals surface area contributed by atoms with Crippen LogP contribution in [0.15, 0.2) is 106 Å². The Hall–Kier alpha value is -3.34. The normalized spacial score (nSPS) is 11.9. The van der Waals surface area contributed by atoms with Gasteiger partial charge in [0, 0.05) is 33.4 Å². The molecule has 0 saturated carbocycles. The Labute approximate surface area is 235 Å². The Morgan fingerprint density at radius 2 is 0.921 bits per heavy atom. The molecule has 0 spiro atoms. The van der Waals surface area contributed by atoms with E-state index in [4.69, 9.17) is 0 Å². The van der Waals surface area contributed by atoms with Crippen molar-refractivity contribution in [1.82, 2.24) is 0 Å². The average molecular weight is 537 g/mol. The highest BCUT2D eigenvalue weighted by Crippen LogP contribution is 2.39. The molecule has 0 atom stereocenters. The summed E-state index contributed by atoms with van der Waals surface area (Å²) in [5.74, 6) is 0. The number of anilines is 5. The molecule has 0 bridgehead atoms. The highest BCUT2D eigenvalue weighted by molar-refractivity contribution is 7.08. The van der Waals surface area contributed by atoms with Crippen molar-refractivity contribution in [2.24, 2.45) is 0 Å². The molecule has 0 aliphatic rings. The lowest BCUT2D eigenvalue weighted by atomic mass is 9.87. The minimum atomic E-state index is -0.0135. The third-order valence-electron chi connectivity index (χ3n) is 6.78. The van der Waals surface area contributed by atoms with E-state index in [2.05, 4.69) is 158 Å². The Morgan fingerprint density at radius 1 is 0.474 bits per heavy atom. The molecule has 0 aliphatic heterocycles. The van der Waals surface area contributed by atoms with Crippen LogP contribution in [-0.2, 0) is 5.41 Å². The van der Waals surface area contributed by atoms with E-state index in [1.807, 2.05) is 0 Å². The number of nitrogens with zero attached hydrogens (tertiary/aromatic N) is 2. The summed E-state index contributed by atoms with van der Waals surface area (Å²) in [5, 5.41) is 8.70. The van der Waals surface area contributed by atoms with Gasteiger partial charge >= 0.3 is 0 Å². The number of hydrogen-bond donors (Lipinski definition) is 0. The van der Waals surface area contributed by atoms with Crippen LogP contribution in [0.1, 0.15) is 47.1 Å². The fraction of sp³-hybridized carbons (Fsp3) is 0.235. The minimum Gasteiger partial charge on any atom is -0.335 e. The second-order valence-corrected chi connectivity index (χ2v) is 13.3. The smallest absolute Gasteiger partial charge is 0.0568 e. The summed E-state index contributed by atoms with van der Waals surface area (Å²) in [6.07, 6.45) is 0. The maximum atomic E-state index is 2.40. The van der Waals surface area contributed by atoms with Crippen molar-refractivity contribution in [3.8, 4) is 11.1 Å². The van der Waals surface area contributed by atoms with E-state index in [0.29, 0.717) is 0 Å². The van der Waals surface area contributed by atoms with Crippen molar-refractivity contribution in [3.63, 3.8) is 0 Å². The molecule has 194 valence electrons. The third-order valence-corrected chi connectivity index (χ3v) is 8.12. The largest absolute Gasteiger partial charge is 0.335 e. The zero-order chi connectivity index (χ0) is 26.9. The Morgan fingerprint density at radius 3 is 1.34 bits per heavy atom. The highest BCUT2D eigenvalue weighted by Gasteiger charge is 2.24. The Balaban J connectivity index is 1.43.